The van der Waals surface area contributed by atoms with Crippen LogP contribution in [-0.2, 0) is 13.0 Å². The fourth-order valence-electron chi connectivity index (χ4n) is 4.28. The van der Waals surface area contributed by atoms with Crippen molar-refractivity contribution in [3.05, 3.63) is 84.1 Å². The molecule has 1 aliphatic rings. The Morgan fingerprint density at radius 2 is 1.91 bits per heavy atom. The lowest BCUT2D eigenvalue weighted by Gasteiger charge is -2.25. The van der Waals surface area contributed by atoms with Crippen molar-refractivity contribution in [1.82, 2.24) is 14.7 Å². The van der Waals surface area contributed by atoms with E-state index in [1.807, 2.05) is 41.1 Å². The predicted molar refractivity (Wildman–Crippen MR) is 138 cm³/mol. The summed E-state index contributed by atoms with van der Waals surface area (Å²) in [6.07, 6.45) is 6.43. The molecule has 1 heterocycles. The molecule has 180 valence electrons. The van der Waals surface area contributed by atoms with Crippen LogP contribution in [0.1, 0.15) is 49.4 Å². The summed E-state index contributed by atoms with van der Waals surface area (Å²) in [4.78, 5) is 2.39. The van der Waals surface area contributed by atoms with Crippen LogP contribution in [0.15, 0.2) is 67.3 Å². The van der Waals surface area contributed by atoms with Gasteiger partial charge in [0.05, 0.1) is 23.0 Å². The molecule has 0 aliphatic heterocycles. The molecule has 5 heteroatoms. The van der Waals surface area contributed by atoms with E-state index < -0.39 is 0 Å². The lowest BCUT2D eigenvalue weighted by Crippen LogP contribution is -2.34. The van der Waals surface area contributed by atoms with Gasteiger partial charge in [0.15, 0.2) is 0 Å². The zero-order valence-electron chi connectivity index (χ0n) is 20.5. The van der Waals surface area contributed by atoms with Crippen LogP contribution in [0.4, 0.5) is 0 Å². The molecule has 4 rings (SSSR count). The maximum absolute atomic E-state index is 10.7. The van der Waals surface area contributed by atoms with Crippen molar-refractivity contribution in [2.24, 2.45) is 5.92 Å². The Labute approximate surface area is 203 Å². The smallest absolute Gasteiger partial charge is 0.227 e. The Hall–Kier alpha value is -2.89. The zero-order valence-corrected chi connectivity index (χ0v) is 20.5. The summed E-state index contributed by atoms with van der Waals surface area (Å²) in [5.74, 6) is 2.28. The van der Waals surface area contributed by atoms with Crippen LogP contribution in [-0.4, -0.2) is 39.0 Å². The summed E-state index contributed by atoms with van der Waals surface area (Å²) in [7, 11) is 0. The molecule has 1 N–H and O–H groups in total. The minimum atomic E-state index is -0.368. The first-order valence-electron chi connectivity index (χ1n) is 12.5. The number of ether oxygens (including phenoxy) is 1. The van der Waals surface area contributed by atoms with E-state index in [-0.39, 0.29) is 6.10 Å². The SMILES string of the molecule is C=CCC[C@H](O)CN(Cc1c(CC)nn(-c2ccccc2)c1Oc1ccc(C)cc1)CC1CC1. The average Bonchev–Trinajstić information content (AvgIpc) is 3.60. The topological polar surface area (TPSA) is 50.5 Å². The van der Waals surface area contributed by atoms with Crippen LogP contribution in [0, 0.1) is 12.8 Å². The van der Waals surface area contributed by atoms with Crippen LogP contribution in [0.3, 0.4) is 0 Å². The number of aliphatic hydroxyl groups excluding tert-OH is 1. The summed E-state index contributed by atoms with van der Waals surface area (Å²) >= 11 is 0. The van der Waals surface area contributed by atoms with E-state index in [1.54, 1.807) is 0 Å². The maximum atomic E-state index is 10.7. The predicted octanol–water partition coefficient (Wildman–Crippen LogP) is 6.07. The lowest BCUT2D eigenvalue weighted by atomic mass is 10.1. The average molecular weight is 460 g/mol. The van der Waals surface area contributed by atoms with Crippen molar-refractivity contribution >= 4 is 0 Å². The molecule has 0 radical (unpaired) electrons. The summed E-state index contributed by atoms with van der Waals surface area (Å²) in [5, 5.41) is 15.6. The normalized spacial score (nSPS) is 14.4. The van der Waals surface area contributed by atoms with Crippen molar-refractivity contribution in [1.29, 1.82) is 0 Å². The highest BCUT2D eigenvalue weighted by atomic mass is 16.5. The quantitative estimate of drug-likeness (QED) is 0.315. The highest BCUT2D eigenvalue weighted by molar-refractivity contribution is 5.44. The monoisotopic (exact) mass is 459 g/mol. The maximum Gasteiger partial charge on any atom is 0.227 e. The first kappa shape index (κ1) is 24.2. The Kier molecular flexibility index (Phi) is 8.20. The molecule has 1 fully saturated rings. The number of nitrogens with zero attached hydrogens (tertiary/aromatic N) is 3. The molecule has 3 aromatic rings. The third-order valence-corrected chi connectivity index (χ3v) is 6.36. The van der Waals surface area contributed by atoms with Gasteiger partial charge in [-0.05, 0) is 69.2 Å². The number of benzene rings is 2. The standard InChI is InChI=1S/C29H37N3O2/c1-4-6-12-25(33)20-31(19-23-15-16-23)21-27-28(5-2)30-32(24-10-8-7-9-11-24)29(27)34-26-17-13-22(3)14-18-26/h4,7-11,13-14,17-18,23,25,33H,1,5-6,12,15-16,19-21H2,2-3H3/t25-/m0/s1. The van der Waals surface area contributed by atoms with Crippen LogP contribution < -0.4 is 4.74 Å². The first-order valence-corrected chi connectivity index (χ1v) is 12.5. The van der Waals surface area contributed by atoms with Crippen LogP contribution >= 0.6 is 0 Å². The number of hydrogen-bond acceptors (Lipinski definition) is 4. The van der Waals surface area contributed by atoms with Gasteiger partial charge in [0.1, 0.15) is 5.75 Å². The molecule has 0 bridgehead atoms. The van der Waals surface area contributed by atoms with Gasteiger partial charge in [-0.15, -0.1) is 6.58 Å². The molecule has 1 saturated carbocycles. The highest BCUT2D eigenvalue weighted by Gasteiger charge is 2.28. The van der Waals surface area contributed by atoms with E-state index in [2.05, 4.69) is 49.6 Å². The number of aryl methyl sites for hydroxylation is 2. The Morgan fingerprint density at radius 3 is 2.56 bits per heavy atom. The van der Waals surface area contributed by atoms with Crippen molar-refractivity contribution < 1.29 is 9.84 Å². The molecule has 1 aliphatic carbocycles. The zero-order chi connectivity index (χ0) is 23.9. The van der Waals surface area contributed by atoms with E-state index in [9.17, 15) is 5.11 Å². The second kappa shape index (κ2) is 11.5. The van der Waals surface area contributed by atoms with E-state index in [0.717, 1.165) is 60.3 Å². The van der Waals surface area contributed by atoms with Crippen LogP contribution in [0.2, 0.25) is 0 Å². The molecular weight excluding hydrogens is 422 g/mol. The third kappa shape index (κ3) is 6.37. The number of para-hydroxylation sites is 1. The molecule has 2 aromatic carbocycles. The molecule has 0 saturated heterocycles. The van der Waals surface area contributed by atoms with Gasteiger partial charge in [0, 0.05) is 19.6 Å². The number of allylic oxidation sites excluding steroid dienone is 1. The molecule has 0 amide bonds. The van der Waals surface area contributed by atoms with Gasteiger partial charge >= 0.3 is 0 Å². The van der Waals surface area contributed by atoms with E-state index in [4.69, 9.17) is 9.84 Å². The van der Waals surface area contributed by atoms with Gasteiger partial charge < -0.3 is 9.84 Å². The largest absolute Gasteiger partial charge is 0.439 e. The van der Waals surface area contributed by atoms with Gasteiger partial charge in [-0.1, -0.05) is 48.9 Å². The Balaban J connectivity index is 1.69. The van der Waals surface area contributed by atoms with Gasteiger partial charge in [0.25, 0.3) is 0 Å². The molecule has 0 spiro atoms. The molecule has 1 atom stereocenters. The second-order valence-corrected chi connectivity index (χ2v) is 9.40. The van der Waals surface area contributed by atoms with Gasteiger partial charge in [-0.25, -0.2) is 4.68 Å². The summed E-state index contributed by atoms with van der Waals surface area (Å²) in [6, 6.07) is 18.3. The number of aromatic nitrogens is 2. The minimum Gasteiger partial charge on any atom is -0.439 e. The minimum absolute atomic E-state index is 0.368. The van der Waals surface area contributed by atoms with Crippen LogP contribution in [0.25, 0.3) is 5.69 Å². The van der Waals surface area contributed by atoms with Crippen molar-refractivity contribution in [2.45, 2.75) is 58.6 Å². The number of aliphatic hydroxyl groups is 1. The molecule has 34 heavy (non-hydrogen) atoms. The fraction of sp³-hybridized carbons (Fsp3) is 0.414. The summed E-state index contributed by atoms with van der Waals surface area (Å²) < 4.78 is 8.45. The van der Waals surface area contributed by atoms with E-state index >= 15 is 0 Å². The van der Waals surface area contributed by atoms with Crippen molar-refractivity contribution in [2.75, 3.05) is 13.1 Å². The molecular formula is C29H37N3O2. The highest BCUT2D eigenvalue weighted by Crippen LogP contribution is 2.34. The van der Waals surface area contributed by atoms with Gasteiger partial charge in [0.2, 0.25) is 5.88 Å². The first-order chi connectivity index (χ1) is 16.6. The van der Waals surface area contributed by atoms with Crippen molar-refractivity contribution in [3.8, 4) is 17.3 Å². The second-order valence-electron chi connectivity index (χ2n) is 9.40. The Morgan fingerprint density at radius 1 is 1.18 bits per heavy atom. The van der Waals surface area contributed by atoms with Gasteiger partial charge in [-0.2, -0.15) is 5.10 Å². The van der Waals surface area contributed by atoms with Gasteiger partial charge in [-0.3, -0.25) is 4.90 Å². The number of hydrogen-bond donors (Lipinski definition) is 1. The Bertz CT molecular complexity index is 1050. The summed E-state index contributed by atoms with van der Waals surface area (Å²) in [6.45, 7) is 10.4. The van der Waals surface area contributed by atoms with Crippen LogP contribution in [0.5, 0.6) is 11.6 Å². The van der Waals surface area contributed by atoms with Crippen molar-refractivity contribution in [3.63, 3.8) is 0 Å². The molecule has 0 unspecified atom stereocenters. The molecule has 1 aromatic heterocycles. The summed E-state index contributed by atoms with van der Waals surface area (Å²) in [5.41, 5.74) is 4.31. The fourth-order valence-corrected chi connectivity index (χ4v) is 4.28. The van der Waals surface area contributed by atoms with E-state index in [0.29, 0.717) is 13.1 Å². The number of rotatable bonds is 13. The van der Waals surface area contributed by atoms with E-state index in [1.165, 1.54) is 18.4 Å². The lowest BCUT2D eigenvalue weighted by molar-refractivity contribution is 0.0990. The molecule has 5 nitrogen and oxygen atoms in total. The third-order valence-electron chi connectivity index (χ3n) is 6.36.